The third-order valence-corrected chi connectivity index (χ3v) is 6.35. The van der Waals surface area contributed by atoms with E-state index in [1.807, 2.05) is 24.3 Å². The van der Waals surface area contributed by atoms with Crippen molar-refractivity contribution in [1.29, 1.82) is 0 Å². The Kier molecular flexibility index (Phi) is 6.95. The number of hydrogen-bond donors (Lipinski definition) is 0. The predicted molar refractivity (Wildman–Crippen MR) is 136 cm³/mol. The predicted octanol–water partition coefficient (Wildman–Crippen LogP) is 6.69. The molecule has 1 aliphatic rings. The van der Waals surface area contributed by atoms with Gasteiger partial charge in [0.15, 0.2) is 0 Å². The van der Waals surface area contributed by atoms with Crippen molar-refractivity contribution in [3.05, 3.63) is 99.0 Å². The lowest BCUT2D eigenvalue weighted by atomic mass is 10.0. The van der Waals surface area contributed by atoms with Gasteiger partial charge in [0, 0.05) is 23.2 Å². The quantitative estimate of drug-likeness (QED) is 0.209. The Hall–Kier alpha value is -3.79. The van der Waals surface area contributed by atoms with Crippen LogP contribution in [0.5, 0.6) is 5.75 Å². The van der Waals surface area contributed by atoms with Crippen LogP contribution in [0.3, 0.4) is 0 Å². The van der Waals surface area contributed by atoms with Crippen LogP contribution in [0.4, 0.5) is 0 Å². The number of aromatic nitrogens is 2. The van der Waals surface area contributed by atoms with E-state index in [4.69, 9.17) is 37.2 Å². The average Bonchev–Trinajstić information content (AvgIpc) is 3.66. The van der Waals surface area contributed by atoms with Gasteiger partial charge >= 0.3 is 5.97 Å². The van der Waals surface area contributed by atoms with Gasteiger partial charge in [-0.3, -0.25) is 0 Å². The zero-order valence-corrected chi connectivity index (χ0v) is 20.8. The molecule has 8 heteroatoms. The highest BCUT2D eigenvalue weighted by Gasteiger charge is 2.33. The second kappa shape index (κ2) is 10.4. The number of carbonyl (C=O) groups is 1. The number of pyridine rings is 1. The normalized spacial score (nSPS) is 12.5. The lowest BCUT2D eigenvalue weighted by Crippen LogP contribution is -2.01. The molecule has 5 rings (SSSR count). The number of methoxy groups -OCH3 is 1. The van der Waals surface area contributed by atoms with Crippen LogP contribution in [0.2, 0.25) is 10.0 Å². The van der Waals surface area contributed by atoms with Gasteiger partial charge in [0.25, 0.3) is 0 Å². The first kappa shape index (κ1) is 23.9. The molecule has 2 aromatic carbocycles. The third kappa shape index (κ3) is 5.23. The summed E-state index contributed by atoms with van der Waals surface area (Å²) in [5, 5.41) is 5.31. The van der Waals surface area contributed by atoms with E-state index < -0.39 is 5.97 Å². The highest BCUT2D eigenvalue weighted by Crippen LogP contribution is 2.46. The molecule has 0 atom stereocenters. The Labute approximate surface area is 218 Å². The van der Waals surface area contributed by atoms with Crippen molar-refractivity contribution in [3.63, 3.8) is 0 Å². The Morgan fingerprint density at radius 1 is 1.08 bits per heavy atom. The number of hydrogen-bond acceptors (Lipinski definition) is 6. The fourth-order valence-electron chi connectivity index (χ4n) is 3.72. The summed E-state index contributed by atoms with van der Waals surface area (Å²) >= 11 is 12.9. The second-order valence-corrected chi connectivity index (χ2v) is 9.04. The van der Waals surface area contributed by atoms with E-state index in [0.29, 0.717) is 44.2 Å². The Bertz CT molecular complexity index is 1460. The van der Waals surface area contributed by atoms with Crippen molar-refractivity contribution in [2.45, 2.75) is 25.4 Å². The molecule has 0 amide bonds. The zero-order valence-electron chi connectivity index (χ0n) is 19.3. The van der Waals surface area contributed by atoms with Crippen molar-refractivity contribution < 1.29 is 18.8 Å². The molecule has 2 aromatic heterocycles. The minimum absolute atomic E-state index is 0.265. The molecule has 0 spiro atoms. The van der Waals surface area contributed by atoms with E-state index in [1.165, 1.54) is 13.3 Å². The van der Waals surface area contributed by atoms with Crippen LogP contribution in [0.15, 0.2) is 65.3 Å². The van der Waals surface area contributed by atoms with Crippen LogP contribution in [-0.2, 0) is 11.3 Å². The van der Waals surface area contributed by atoms with Gasteiger partial charge in [0.1, 0.15) is 29.5 Å². The smallest absolute Gasteiger partial charge is 0.338 e. The highest BCUT2D eigenvalue weighted by atomic mass is 35.5. The molecule has 2 heterocycles. The van der Waals surface area contributed by atoms with E-state index in [0.717, 1.165) is 29.7 Å². The van der Waals surface area contributed by atoms with E-state index in [9.17, 15) is 4.79 Å². The summed E-state index contributed by atoms with van der Waals surface area (Å²) in [5.41, 5.74) is 3.76. The standard InChI is InChI=1S/C28H20Cl2N2O4/c1-34-28(33)19-13-14-31-20(15-19)10-5-17-6-11-21(12-7-17)35-16-22-26(32-36-27(22)18-8-9-18)25-23(29)3-2-4-24(25)30/h2-4,6-7,11-15,18H,8-9,16H2,1H3. The van der Waals surface area contributed by atoms with Crippen molar-refractivity contribution >= 4 is 29.2 Å². The van der Waals surface area contributed by atoms with Gasteiger partial charge in [-0.1, -0.05) is 40.3 Å². The summed E-state index contributed by atoms with van der Waals surface area (Å²) in [6.45, 7) is 0.265. The summed E-state index contributed by atoms with van der Waals surface area (Å²) in [6.07, 6.45) is 3.64. The average molecular weight is 519 g/mol. The first-order valence-electron chi connectivity index (χ1n) is 11.3. The molecule has 1 saturated carbocycles. The molecule has 1 aliphatic carbocycles. The molecule has 0 aliphatic heterocycles. The summed E-state index contributed by atoms with van der Waals surface area (Å²) in [7, 11) is 1.33. The van der Waals surface area contributed by atoms with Crippen molar-refractivity contribution in [2.75, 3.05) is 7.11 Å². The molecular weight excluding hydrogens is 499 g/mol. The van der Waals surface area contributed by atoms with E-state index in [2.05, 4.69) is 22.0 Å². The number of nitrogens with zero attached hydrogens (tertiary/aromatic N) is 2. The number of esters is 1. The van der Waals surface area contributed by atoms with E-state index >= 15 is 0 Å². The molecule has 0 radical (unpaired) electrons. The molecule has 0 saturated heterocycles. The van der Waals surface area contributed by atoms with Crippen LogP contribution in [0, 0.1) is 11.8 Å². The lowest BCUT2D eigenvalue weighted by molar-refractivity contribution is 0.0600. The summed E-state index contributed by atoms with van der Waals surface area (Å²) in [4.78, 5) is 15.9. The number of carbonyl (C=O) groups excluding carboxylic acids is 1. The maximum Gasteiger partial charge on any atom is 0.338 e. The first-order valence-corrected chi connectivity index (χ1v) is 12.0. The first-order chi connectivity index (χ1) is 17.5. The molecular formula is C28H20Cl2N2O4. The van der Waals surface area contributed by atoms with Crippen LogP contribution in [-0.4, -0.2) is 23.2 Å². The number of ether oxygens (including phenoxy) is 2. The Morgan fingerprint density at radius 3 is 2.53 bits per heavy atom. The summed E-state index contributed by atoms with van der Waals surface area (Å²) in [6, 6.07) is 15.9. The molecule has 0 bridgehead atoms. The van der Waals surface area contributed by atoms with E-state index in [-0.39, 0.29) is 6.61 Å². The van der Waals surface area contributed by atoms with Crippen LogP contribution in [0.25, 0.3) is 11.3 Å². The fourth-order valence-corrected chi connectivity index (χ4v) is 4.29. The van der Waals surface area contributed by atoms with Crippen molar-refractivity contribution in [2.24, 2.45) is 0 Å². The molecule has 180 valence electrons. The van der Waals surface area contributed by atoms with Gasteiger partial charge < -0.3 is 14.0 Å². The number of benzene rings is 2. The van der Waals surface area contributed by atoms with Crippen LogP contribution >= 0.6 is 23.2 Å². The van der Waals surface area contributed by atoms with Gasteiger partial charge in [-0.25, -0.2) is 9.78 Å². The molecule has 0 unspecified atom stereocenters. The summed E-state index contributed by atoms with van der Waals surface area (Å²) in [5.74, 6) is 7.41. The van der Waals surface area contributed by atoms with Gasteiger partial charge in [-0.2, -0.15) is 0 Å². The number of halogens is 2. The van der Waals surface area contributed by atoms with Crippen LogP contribution < -0.4 is 4.74 Å². The Morgan fingerprint density at radius 2 is 1.83 bits per heavy atom. The second-order valence-electron chi connectivity index (χ2n) is 8.23. The highest BCUT2D eigenvalue weighted by molar-refractivity contribution is 6.39. The molecule has 4 aromatic rings. The van der Waals surface area contributed by atoms with Gasteiger partial charge in [-0.05, 0) is 67.3 Å². The minimum Gasteiger partial charge on any atom is -0.489 e. The largest absolute Gasteiger partial charge is 0.489 e. The van der Waals surface area contributed by atoms with Gasteiger partial charge in [0.05, 0.1) is 28.3 Å². The topological polar surface area (TPSA) is 74.5 Å². The number of rotatable bonds is 6. The van der Waals surface area contributed by atoms with E-state index in [1.54, 1.807) is 30.3 Å². The maximum atomic E-state index is 11.7. The van der Waals surface area contributed by atoms with Crippen LogP contribution in [0.1, 0.15) is 51.7 Å². The molecule has 1 fully saturated rings. The van der Waals surface area contributed by atoms with Crippen molar-refractivity contribution in [3.8, 4) is 28.8 Å². The molecule has 0 N–H and O–H groups in total. The Balaban J connectivity index is 1.32. The molecule has 6 nitrogen and oxygen atoms in total. The monoisotopic (exact) mass is 518 g/mol. The fraction of sp³-hybridized carbons (Fsp3) is 0.179. The van der Waals surface area contributed by atoms with Gasteiger partial charge in [0.2, 0.25) is 0 Å². The minimum atomic E-state index is -0.431. The van der Waals surface area contributed by atoms with Crippen molar-refractivity contribution in [1.82, 2.24) is 10.1 Å². The molecule has 36 heavy (non-hydrogen) atoms. The maximum absolute atomic E-state index is 11.7. The SMILES string of the molecule is COC(=O)c1ccnc(C#Cc2ccc(OCc3c(-c4c(Cl)cccc4Cl)noc3C3CC3)cc2)c1. The van der Waals surface area contributed by atoms with Gasteiger partial charge in [-0.15, -0.1) is 0 Å². The third-order valence-electron chi connectivity index (χ3n) is 5.72. The zero-order chi connectivity index (χ0) is 25.1. The lowest BCUT2D eigenvalue weighted by Gasteiger charge is -2.09. The summed E-state index contributed by atoms with van der Waals surface area (Å²) < 4.78 is 16.5.